The van der Waals surface area contributed by atoms with E-state index in [1.807, 2.05) is 34.1 Å². The standard InChI is InChI=1S/C71H70N4O4S2/c1-5-9-18-46(7-3)44-73-67(63-38-36-61(80-63)52-30-26-48(27-31-52)40-54(43-72)71(78)79)65-66(70(73)77)68(74(69(65)76)45-47(8-4)19-10-6-2)64-39-37-62(81-64)53-32-35-60-58(42-53)56-24-17-25-59(56)75(60)55-33-28-49(29-34-55)41-57(50-20-13-11-14-21-50)51-22-15-12-16-23-51/h11-16,20-23,26-42,46-47,56,59H,5-10,17-19,24-25,44-45H2,1-4H3,(H,78,79). The summed E-state index contributed by atoms with van der Waals surface area (Å²) in [7, 11) is 0. The molecule has 4 unspecified atom stereocenters. The molecule has 81 heavy (non-hydrogen) atoms. The molecular formula is C71H70N4O4S2. The van der Waals surface area contributed by atoms with Crippen molar-refractivity contribution in [3.8, 4) is 27.0 Å². The van der Waals surface area contributed by atoms with E-state index in [0.29, 0.717) is 47.5 Å². The Hall–Kier alpha value is -7.84. The number of anilines is 2. The summed E-state index contributed by atoms with van der Waals surface area (Å²) in [5, 5.41) is 18.8. The molecule has 8 nitrogen and oxygen atoms in total. The van der Waals surface area contributed by atoms with Gasteiger partial charge < -0.3 is 19.8 Å². The van der Waals surface area contributed by atoms with Crippen molar-refractivity contribution in [2.45, 2.75) is 110 Å². The quantitative estimate of drug-likeness (QED) is 0.0412. The van der Waals surface area contributed by atoms with E-state index < -0.39 is 5.97 Å². The first kappa shape index (κ1) is 55.1. The maximum Gasteiger partial charge on any atom is 0.346 e. The van der Waals surface area contributed by atoms with Crippen LogP contribution < -0.4 is 4.90 Å². The number of carboxylic acid groups (broad SMARTS) is 1. The first-order valence-electron chi connectivity index (χ1n) is 29.3. The third kappa shape index (κ3) is 11.1. The molecule has 0 radical (unpaired) electrons. The largest absolute Gasteiger partial charge is 0.477 e. The molecule has 4 atom stereocenters. The van der Waals surface area contributed by atoms with E-state index in [-0.39, 0.29) is 29.2 Å². The van der Waals surface area contributed by atoms with E-state index in [1.165, 1.54) is 46.1 Å². The molecule has 4 aliphatic rings. The summed E-state index contributed by atoms with van der Waals surface area (Å²) in [6.07, 6.45) is 15.3. The third-order valence-electron chi connectivity index (χ3n) is 17.1. The summed E-state index contributed by atoms with van der Waals surface area (Å²) in [6.45, 7) is 9.90. The van der Waals surface area contributed by atoms with Gasteiger partial charge >= 0.3 is 5.97 Å². The second kappa shape index (κ2) is 24.5. The van der Waals surface area contributed by atoms with Gasteiger partial charge in [-0.05, 0) is 143 Å². The molecule has 11 rings (SSSR count). The van der Waals surface area contributed by atoms with Gasteiger partial charge in [-0.1, -0.05) is 176 Å². The monoisotopic (exact) mass is 1110 g/mol. The Morgan fingerprint density at radius 2 is 1.14 bits per heavy atom. The molecule has 10 heteroatoms. The van der Waals surface area contributed by atoms with Crippen LogP contribution >= 0.6 is 22.7 Å². The Bertz CT molecular complexity index is 3590. The highest BCUT2D eigenvalue weighted by Crippen LogP contribution is 2.55. The predicted molar refractivity (Wildman–Crippen MR) is 333 cm³/mol. The van der Waals surface area contributed by atoms with Crippen LogP contribution in [0, 0.1) is 23.2 Å². The first-order chi connectivity index (χ1) is 39.6. The average Bonchev–Trinajstić information content (AvgIpc) is 4.56. The molecule has 2 amide bonds. The van der Waals surface area contributed by atoms with Crippen LogP contribution in [0.5, 0.6) is 0 Å². The smallest absolute Gasteiger partial charge is 0.346 e. The van der Waals surface area contributed by atoms with Crippen molar-refractivity contribution in [3.63, 3.8) is 0 Å². The minimum Gasteiger partial charge on any atom is -0.477 e. The zero-order valence-corrected chi connectivity index (χ0v) is 48.5. The number of benzene rings is 5. The molecule has 0 spiro atoms. The molecule has 5 aromatic carbocycles. The highest BCUT2D eigenvalue weighted by molar-refractivity contribution is 7.17. The first-order valence-corrected chi connectivity index (χ1v) is 30.9. The molecule has 0 saturated heterocycles. The number of thiophene rings is 2. The van der Waals surface area contributed by atoms with Gasteiger partial charge in [0.1, 0.15) is 11.6 Å². The number of carboxylic acids is 1. The predicted octanol–water partition coefficient (Wildman–Crippen LogP) is 17.8. The van der Waals surface area contributed by atoms with Crippen molar-refractivity contribution in [3.05, 3.63) is 206 Å². The van der Waals surface area contributed by atoms with Crippen molar-refractivity contribution < 1.29 is 19.5 Å². The lowest BCUT2D eigenvalue weighted by atomic mass is 9.95. The van der Waals surface area contributed by atoms with Crippen LogP contribution in [0.3, 0.4) is 0 Å². The van der Waals surface area contributed by atoms with Crippen LogP contribution in [-0.4, -0.2) is 51.8 Å². The van der Waals surface area contributed by atoms with Crippen LogP contribution in [-0.2, 0) is 14.4 Å². The number of amides is 2. The van der Waals surface area contributed by atoms with Gasteiger partial charge in [-0.15, -0.1) is 22.7 Å². The number of unbranched alkanes of at least 4 members (excludes halogenated alkanes) is 2. The molecule has 1 N–H and O–H groups in total. The van der Waals surface area contributed by atoms with Gasteiger partial charge in [0, 0.05) is 46.2 Å². The van der Waals surface area contributed by atoms with Crippen LogP contribution in [0.25, 0.3) is 50.0 Å². The molecule has 7 aromatic rings. The highest BCUT2D eigenvalue weighted by Gasteiger charge is 2.50. The fraction of sp³-hybridized carbons (Fsp3) is 0.296. The number of carbonyl (C=O) groups excluding carboxylic acids is 2. The topological polar surface area (TPSA) is 105 Å². The van der Waals surface area contributed by atoms with Crippen LogP contribution in [0.15, 0.2) is 168 Å². The SMILES string of the molecule is CCCCC(CC)CN1C(=O)C2=C(c3ccc(-c4ccc5c(c4)C4CCCC4N5c4ccc(C=C(c5ccccc5)c5ccccc5)cc4)s3)N(CC(CC)CCCC)C(=O)C2=C1c1ccc(-c2ccc(C=C(C#N)C(=O)O)cc2)s1. The Morgan fingerprint density at radius 3 is 1.65 bits per heavy atom. The van der Waals surface area contributed by atoms with E-state index in [9.17, 15) is 15.2 Å². The van der Waals surface area contributed by atoms with Gasteiger partial charge in [0.25, 0.3) is 11.8 Å². The van der Waals surface area contributed by atoms with E-state index in [2.05, 4.69) is 154 Å². The molecular weight excluding hydrogens is 1040 g/mol. The zero-order chi connectivity index (χ0) is 56.1. The van der Waals surface area contributed by atoms with E-state index >= 15 is 9.59 Å². The van der Waals surface area contributed by atoms with Gasteiger partial charge in [-0.25, -0.2) is 4.79 Å². The summed E-state index contributed by atoms with van der Waals surface area (Å²) in [5.74, 6) is -0.504. The summed E-state index contributed by atoms with van der Waals surface area (Å²) >= 11 is 3.24. The Labute approximate surface area is 485 Å². The van der Waals surface area contributed by atoms with E-state index in [0.717, 1.165) is 106 Å². The van der Waals surface area contributed by atoms with Crippen molar-refractivity contribution in [2.24, 2.45) is 11.8 Å². The van der Waals surface area contributed by atoms with Crippen LogP contribution in [0.1, 0.15) is 142 Å². The number of hydrogen-bond donors (Lipinski definition) is 1. The van der Waals surface area contributed by atoms with Crippen LogP contribution in [0.4, 0.5) is 11.4 Å². The van der Waals surface area contributed by atoms with Crippen molar-refractivity contribution in [1.29, 1.82) is 5.26 Å². The number of aliphatic carboxylic acids is 1. The average molecular weight is 1110 g/mol. The Morgan fingerprint density at radius 1 is 0.630 bits per heavy atom. The summed E-state index contributed by atoms with van der Waals surface area (Å²) in [6, 6.07) is 55.4. The Balaban J connectivity index is 0.956. The molecule has 410 valence electrons. The Kier molecular flexibility index (Phi) is 16.7. The van der Waals surface area contributed by atoms with Crippen molar-refractivity contribution >= 4 is 81.0 Å². The minimum absolute atomic E-state index is 0.100. The lowest BCUT2D eigenvalue weighted by Gasteiger charge is -2.29. The second-order valence-electron chi connectivity index (χ2n) is 22.2. The maximum absolute atomic E-state index is 15.6. The van der Waals surface area contributed by atoms with E-state index in [1.54, 1.807) is 40.9 Å². The van der Waals surface area contributed by atoms with Gasteiger partial charge in [0.05, 0.1) is 32.3 Å². The molecule has 1 fully saturated rings. The lowest BCUT2D eigenvalue weighted by molar-refractivity contribution is -0.132. The molecule has 1 saturated carbocycles. The normalized spacial score (nSPS) is 17.4. The fourth-order valence-corrected chi connectivity index (χ4v) is 14.8. The molecule has 5 heterocycles. The van der Waals surface area contributed by atoms with Gasteiger partial charge in [0.2, 0.25) is 0 Å². The molecule has 3 aliphatic heterocycles. The van der Waals surface area contributed by atoms with Gasteiger partial charge in [-0.3, -0.25) is 9.59 Å². The lowest BCUT2D eigenvalue weighted by Crippen LogP contribution is -2.34. The number of nitriles is 1. The maximum atomic E-state index is 15.6. The highest BCUT2D eigenvalue weighted by atomic mass is 32.1. The van der Waals surface area contributed by atoms with Gasteiger partial charge in [-0.2, -0.15) is 5.26 Å². The summed E-state index contributed by atoms with van der Waals surface area (Å²) in [5.41, 5.74) is 13.4. The minimum atomic E-state index is -1.27. The number of fused-ring (bicyclic) bond motifs is 4. The zero-order valence-electron chi connectivity index (χ0n) is 46.9. The number of nitrogens with zero attached hydrogens (tertiary/aromatic N) is 4. The number of rotatable bonds is 22. The third-order valence-corrected chi connectivity index (χ3v) is 19.4. The fourth-order valence-electron chi connectivity index (χ4n) is 12.7. The second-order valence-corrected chi connectivity index (χ2v) is 24.3. The summed E-state index contributed by atoms with van der Waals surface area (Å²) < 4.78 is 0. The van der Waals surface area contributed by atoms with E-state index in [4.69, 9.17) is 0 Å². The summed E-state index contributed by atoms with van der Waals surface area (Å²) in [4.78, 5) is 53.1. The van der Waals surface area contributed by atoms with Crippen molar-refractivity contribution in [1.82, 2.24) is 9.80 Å². The molecule has 2 aromatic heterocycles. The molecule has 1 aliphatic carbocycles. The van der Waals surface area contributed by atoms with Crippen molar-refractivity contribution in [2.75, 3.05) is 18.0 Å². The molecule has 0 bridgehead atoms. The van der Waals surface area contributed by atoms with Crippen LogP contribution in [0.2, 0.25) is 0 Å². The van der Waals surface area contributed by atoms with Gasteiger partial charge in [0.15, 0.2) is 0 Å². The number of hydrogen-bond acceptors (Lipinski definition) is 7. The number of carbonyl (C=O) groups is 3.